The number of fused-ring (bicyclic) bond motifs is 2. The summed E-state index contributed by atoms with van der Waals surface area (Å²) in [4.78, 5) is 21.9. The smallest absolute Gasteiger partial charge is 0.327 e. The molecule has 2 N–H and O–H groups in total. The van der Waals surface area contributed by atoms with Crippen LogP contribution in [0.2, 0.25) is 0 Å². The molecule has 1 aliphatic carbocycles. The van der Waals surface area contributed by atoms with Gasteiger partial charge in [0.25, 0.3) is 0 Å². The summed E-state index contributed by atoms with van der Waals surface area (Å²) >= 11 is 0. The van der Waals surface area contributed by atoms with E-state index in [0.29, 0.717) is 6.54 Å². The number of rotatable bonds is 6. The second kappa shape index (κ2) is 6.59. The highest BCUT2D eigenvalue weighted by Gasteiger charge is 2.46. The number of nitrogens with one attached hydrogen (secondary N) is 2. The Labute approximate surface area is 160 Å². The van der Waals surface area contributed by atoms with E-state index in [2.05, 4.69) is 41.8 Å². The first-order chi connectivity index (χ1) is 13.2. The summed E-state index contributed by atoms with van der Waals surface area (Å²) in [5.74, 6) is 2.76. The molecule has 1 saturated heterocycles. The molecule has 5 rings (SSSR count). The van der Waals surface area contributed by atoms with Crippen molar-refractivity contribution in [2.24, 2.45) is 10.9 Å². The maximum Gasteiger partial charge on any atom is 0.327 e. The number of aliphatic imine (C=N–C) groups is 1. The van der Waals surface area contributed by atoms with Crippen molar-refractivity contribution in [2.45, 2.75) is 51.2 Å². The Kier molecular flexibility index (Phi) is 4.06. The van der Waals surface area contributed by atoms with Gasteiger partial charge in [0.2, 0.25) is 0 Å². The number of hydrogen-bond donors (Lipinski definition) is 2. The van der Waals surface area contributed by atoms with E-state index in [9.17, 15) is 4.79 Å². The SMILES string of the molecule is CCCN1C(=O)N2C[C@@H](Cc3ccccc3)NC2=C2NC(CC3CC3)=NC21. The molecule has 2 fully saturated rings. The quantitative estimate of drug-likeness (QED) is 0.815. The summed E-state index contributed by atoms with van der Waals surface area (Å²) in [5, 5.41) is 7.18. The topological polar surface area (TPSA) is 60.0 Å². The normalized spacial score (nSPS) is 26.6. The van der Waals surface area contributed by atoms with Crippen molar-refractivity contribution in [1.82, 2.24) is 20.4 Å². The fourth-order valence-electron chi connectivity index (χ4n) is 4.33. The zero-order chi connectivity index (χ0) is 18.4. The summed E-state index contributed by atoms with van der Waals surface area (Å²) in [6.45, 7) is 3.56. The van der Waals surface area contributed by atoms with Gasteiger partial charge in [-0.15, -0.1) is 0 Å². The zero-order valence-electron chi connectivity index (χ0n) is 15.8. The number of hydrogen-bond acceptors (Lipinski definition) is 4. The second-order valence-corrected chi connectivity index (χ2v) is 8.10. The number of urea groups is 1. The molecule has 142 valence electrons. The third-order valence-corrected chi connectivity index (χ3v) is 5.82. The summed E-state index contributed by atoms with van der Waals surface area (Å²) in [5.41, 5.74) is 2.36. The van der Waals surface area contributed by atoms with Gasteiger partial charge in [-0.2, -0.15) is 0 Å². The fourth-order valence-corrected chi connectivity index (χ4v) is 4.33. The Balaban J connectivity index is 1.41. The van der Waals surface area contributed by atoms with Gasteiger partial charge in [0.15, 0.2) is 6.17 Å². The molecule has 3 aliphatic heterocycles. The first-order valence-corrected chi connectivity index (χ1v) is 10.2. The molecule has 4 aliphatic rings. The fraction of sp³-hybridized carbons (Fsp3) is 0.524. The van der Waals surface area contributed by atoms with Crippen LogP contribution in [0.3, 0.4) is 0 Å². The maximum absolute atomic E-state index is 13.2. The molecule has 0 bridgehead atoms. The molecule has 0 radical (unpaired) electrons. The summed E-state index contributed by atoms with van der Waals surface area (Å²) in [6.07, 6.45) is 5.29. The van der Waals surface area contributed by atoms with Gasteiger partial charge in [-0.25, -0.2) is 9.79 Å². The van der Waals surface area contributed by atoms with Crippen LogP contribution in [0.5, 0.6) is 0 Å². The molecule has 2 amide bonds. The van der Waals surface area contributed by atoms with Gasteiger partial charge >= 0.3 is 6.03 Å². The maximum atomic E-state index is 13.2. The van der Waals surface area contributed by atoms with Crippen molar-refractivity contribution in [1.29, 1.82) is 0 Å². The van der Waals surface area contributed by atoms with Crippen molar-refractivity contribution >= 4 is 11.9 Å². The number of carbonyl (C=O) groups excluding carboxylic acids is 1. The van der Waals surface area contributed by atoms with Crippen molar-refractivity contribution in [3.05, 3.63) is 47.4 Å². The predicted molar refractivity (Wildman–Crippen MR) is 105 cm³/mol. The van der Waals surface area contributed by atoms with Crippen molar-refractivity contribution in [3.8, 4) is 0 Å². The van der Waals surface area contributed by atoms with Crippen LogP contribution >= 0.6 is 0 Å². The minimum Gasteiger partial charge on any atom is -0.365 e. The van der Waals surface area contributed by atoms with Gasteiger partial charge < -0.3 is 10.6 Å². The molecular formula is C21H27N5O. The molecule has 6 heteroatoms. The third kappa shape index (κ3) is 3.07. The number of carbonyl (C=O) groups is 1. The van der Waals surface area contributed by atoms with Gasteiger partial charge in [0.05, 0.1) is 0 Å². The summed E-state index contributed by atoms with van der Waals surface area (Å²) in [6, 6.07) is 10.8. The number of nitrogens with zero attached hydrogens (tertiary/aromatic N) is 3. The molecule has 1 unspecified atom stereocenters. The molecule has 1 aromatic rings. The molecule has 1 saturated carbocycles. The van der Waals surface area contributed by atoms with E-state index in [1.54, 1.807) is 0 Å². The van der Waals surface area contributed by atoms with Gasteiger partial charge in [0, 0.05) is 25.6 Å². The summed E-state index contributed by atoms with van der Waals surface area (Å²) < 4.78 is 0. The highest BCUT2D eigenvalue weighted by Crippen LogP contribution is 2.36. The highest BCUT2D eigenvalue weighted by molar-refractivity contribution is 5.90. The first-order valence-electron chi connectivity index (χ1n) is 10.2. The number of benzene rings is 1. The van der Waals surface area contributed by atoms with Crippen molar-refractivity contribution in [3.63, 3.8) is 0 Å². The van der Waals surface area contributed by atoms with Crippen LogP contribution in [-0.2, 0) is 6.42 Å². The Morgan fingerprint density at radius 3 is 2.74 bits per heavy atom. The standard InChI is InChI=1S/C21H27N5O/c1-2-10-25-20-18(23-17(24-20)12-15-8-9-15)19-22-16(13-26(19)21(25)27)11-14-6-4-3-5-7-14/h3-7,15-16,20,22H,2,8-13H2,1H3,(H,23,24)/t16-,20?/m1/s1. The second-order valence-electron chi connectivity index (χ2n) is 8.10. The van der Waals surface area contributed by atoms with Crippen LogP contribution in [0.15, 0.2) is 46.8 Å². The molecule has 3 heterocycles. The zero-order valence-corrected chi connectivity index (χ0v) is 15.8. The van der Waals surface area contributed by atoms with E-state index in [1.165, 1.54) is 18.4 Å². The number of amidine groups is 1. The number of amides is 2. The average molecular weight is 365 g/mol. The van der Waals surface area contributed by atoms with Crippen LogP contribution in [0, 0.1) is 5.92 Å². The van der Waals surface area contributed by atoms with Gasteiger partial charge in [0.1, 0.15) is 17.4 Å². The van der Waals surface area contributed by atoms with Gasteiger partial charge in [-0.3, -0.25) is 9.80 Å². The largest absolute Gasteiger partial charge is 0.365 e. The lowest BCUT2D eigenvalue weighted by atomic mass is 10.1. The first kappa shape index (κ1) is 16.7. The van der Waals surface area contributed by atoms with Gasteiger partial charge in [-0.05, 0) is 37.2 Å². The van der Waals surface area contributed by atoms with Crippen LogP contribution in [0.25, 0.3) is 0 Å². The molecule has 2 atom stereocenters. The van der Waals surface area contributed by atoms with E-state index in [1.807, 2.05) is 15.9 Å². The van der Waals surface area contributed by atoms with Crippen LogP contribution < -0.4 is 10.6 Å². The van der Waals surface area contributed by atoms with Crippen molar-refractivity contribution in [2.75, 3.05) is 13.1 Å². The molecule has 6 nitrogen and oxygen atoms in total. The molecule has 0 spiro atoms. The Hall–Kier alpha value is -2.50. The van der Waals surface area contributed by atoms with E-state index in [4.69, 9.17) is 4.99 Å². The molecule has 0 aromatic heterocycles. The van der Waals surface area contributed by atoms with E-state index < -0.39 is 0 Å². The summed E-state index contributed by atoms with van der Waals surface area (Å²) in [7, 11) is 0. The van der Waals surface area contributed by atoms with Crippen LogP contribution in [0.4, 0.5) is 4.79 Å². The Bertz CT molecular complexity index is 798. The Morgan fingerprint density at radius 2 is 2.00 bits per heavy atom. The van der Waals surface area contributed by atoms with E-state index >= 15 is 0 Å². The van der Waals surface area contributed by atoms with E-state index in [0.717, 1.165) is 49.1 Å². The predicted octanol–water partition coefficient (Wildman–Crippen LogP) is 2.65. The van der Waals surface area contributed by atoms with Gasteiger partial charge in [-0.1, -0.05) is 37.3 Å². The lowest BCUT2D eigenvalue weighted by molar-refractivity contribution is 0.146. The molecular weight excluding hydrogens is 338 g/mol. The molecule has 1 aromatic carbocycles. The average Bonchev–Trinajstić information content (AvgIpc) is 3.22. The van der Waals surface area contributed by atoms with E-state index in [-0.39, 0.29) is 18.2 Å². The minimum absolute atomic E-state index is 0.0851. The van der Waals surface area contributed by atoms with Crippen LogP contribution in [0.1, 0.15) is 38.2 Å². The highest BCUT2D eigenvalue weighted by atomic mass is 16.2. The van der Waals surface area contributed by atoms with Crippen molar-refractivity contribution < 1.29 is 4.79 Å². The third-order valence-electron chi connectivity index (χ3n) is 5.82. The molecule has 27 heavy (non-hydrogen) atoms. The lowest BCUT2D eigenvalue weighted by Crippen LogP contribution is -2.53. The lowest BCUT2D eigenvalue weighted by Gasteiger charge is -2.36. The Morgan fingerprint density at radius 1 is 1.19 bits per heavy atom. The monoisotopic (exact) mass is 365 g/mol. The van der Waals surface area contributed by atoms with Crippen LogP contribution in [-0.4, -0.2) is 47.0 Å². The minimum atomic E-state index is -0.180.